The molecular formula is C38H46Cl2N2O6Si2. The Balaban J connectivity index is 1.51. The first kappa shape index (κ1) is 39.1. The molecule has 2 heterocycles. The van der Waals surface area contributed by atoms with Crippen molar-refractivity contribution in [2.24, 2.45) is 0 Å². The van der Waals surface area contributed by atoms with E-state index in [0.717, 1.165) is 45.5 Å². The topological polar surface area (TPSA) is 96.8 Å². The van der Waals surface area contributed by atoms with E-state index >= 15 is 0 Å². The number of nitrogens with zero attached hydrogens (tertiary/aromatic N) is 2. The Kier molecular flexibility index (Phi) is 13.3. The normalized spacial score (nSPS) is 11.6. The maximum absolute atomic E-state index is 11.7. The van der Waals surface area contributed by atoms with Gasteiger partial charge >= 0.3 is 0 Å². The molecule has 0 saturated heterocycles. The Bertz CT molecular complexity index is 1710. The van der Waals surface area contributed by atoms with Crippen LogP contribution >= 0.6 is 23.2 Å². The highest BCUT2D eigenvalue weighted by Gasteiger charge is 2.19. The SMILES string of the molecule is Cc1c(COc2nc(OCC[Si](C)(C)C)c(C=O)cc2Cl)cccc1-c1cccc(COc2nc(OCC[Si](C)(C)C)c(C=O)cc2Cl)c1C. The van der Waals surface area contributed by atoms with Crippen LogP contribution in [0.15, 0.2) is 48.5 Å². The number of hydrogen-bond donors (Lipinski definition) is 0. The van der Waals surface area contributed by atoms with E-state index in [9.17, 15) is 9.59 Å². The summed E-state index contributed by atoms with van der Waals surface area (Å²) < 4.78 is 24.0. The van der Waals surface area contributed by atoms with Gasteiger partial charge in [0, 0.05) is 16.1 Å². The Morgan fingerprint density at radius 2 is 0.980 bits per heavy atom. The van der Waals surface area contributed by atoms with Crippen molar-refractivity contribution in [1.29, 1.82) is 0 Å². The van der Waals surface area contributed by atoms with Crippen molar-refractivity contribution in [3.05, 3.63) is 92.0 Å². The summed E-state index contributed by atoms with van der Waals surface area (Å²) >= 11 is 12.9. The number of halogens is 2. The monoisotopic (exact) mass is 752 g/mol. The van der Waals surface area contributed by atoms with Crippen molar-refractivity contribution in [3.63, 3.8) is 0 Å². The lowest BCUT2D eigenvalue weighted by atomic mass is 9.92. The summed E-state index contributed by atoms with van der Waals surface area (Å²) in [7, 11) is -2.67. The van der Waals surface area contributed by atoms with Gasteiger partial charge in [-0.1, -0.05) is 98.9 Å². The Hall–Kier alpha value is -3.71. The van der Waals surface area contributed by atoms with Gasteiger partial charge in [-0.2, -0.15) is 9.97 Å². The lowest BCUT2D eigenvalue weighted by Crippen LogP contribution is -2.22. The zero-order valence-electron chi connectivity index (χ0n) is 30.1. The van der Waals surface area contributed by atoms with Crippen LogP contribution in [0.25, 0.3) is 11.1 Å². The fraction of sp³-hybridized carbons (Fsp3) is 0.368. The predicted octanol–water partition coefficient (Wildman–Crippen LogP) is 10.3. The van der Waals surface area contributed by atoms with Gasteiger partial charge in [-0.15, -0.1) is 0 Å². The second-order valence-corrected chi connectivity index (χ2v) is 26.7. The zero-order valence-corrected chi connectivity index (χ0v) is 33.6. The van der Waals surface area contributed by atoms with Crippen LogP contribution in [0.2, 0.25) is 61.4 Å². The van der Waals surface area contributed by atoms with Gasteiger partial charge in [0.25, 0.3) is 0 Å². The smallest absolute Gasteiger partial charge is 0.236 e. The Morgan fingerprint density at radius 3 is 1.32 bits per heavy atom. The van der Waals surface area contributed by atoms with Crippen LogP contribution in [-0.4, -0.2) is 51.9 Å². The molecule has 0 aliphatic rings. The number of aromatic nitrogens is 2. The standard InChI is InChI=1S/C38H46Cl2N2O6Si2/c1-25-27(23-47-37-33(39)19-29(21-43)35(41-37)45-15-17-49(3,4)5)11-9-13-31(25)32-14-10-12-28(26(32)2)24-48-38-34(40)20-30(22-44)36(42-38)46-16-18-50(6,7)8/h9-14,19-22H,15-18,23-24H2,1-8H3. The summed E-state index contributed by atoms with van der Waals surface area (Å²) in [5.41, 5.74) is 6.65. The summed E-state index contributed by atoms with van der Waals surface area (Å²) in [5.74, 6) is 0.858. The first-order chi connectivity index (χ1) is 23.6. The van der Waals surface area contributed by atoms with Crippen molar-refractivity contribution in [3.8, 4) is 34.6 Å². The van der Waals surface area contributed by atoms with Crippen LogP contribution in [0.3, 0.4) is 0 Å². The number of pyridine rings is 2. The number of rotatable bonds is 17. The minimum atomic E-state index is -1.34. The molecule has 0 unspecified atom stereocenters. The predicted molar refractivity (Wildman–Crippen MR) is 207 cm³/mol. The van der Waals surface area contributed by atoms with E-state index < -0.39 is 16.1 Å². The Labute approximate surface area is 307 Å². The molecule has 4 rings (SSSR count). The minimum absolute atomic E-state index is 0.207. The molecule has 266 valence electrons. The van der Waals surface area contributed by atoms with E-state index in [1.165, 1.54) is 12.1 Å². The summed E-state index contributed by atoms with van der Waals surface area (Å²) in [5, 5.41) is 0.477. The summed E-state index contributed by atoms with van der Waals surface area (Å²) in [6.07, 6.45) is 1.39. The molecule has 0 amide bonds. The molecule has 0 spiro atoms. The maximum atomic E-state index is 11.7. The first-order valence-electron chi connectivity index (χ1n) is 16.6. The van der Waals surface area contributed by atoms with E-state index in [2.05, 4.69) is 61.4 Å². The summed E-state index contributed by atoms with van der Waals surface area (Å²) in [4.78, 5) is 32.3. The van der Waals surface area contributed by atoms with Crippen molar-refractivity contribution in [1.82, 2.24) is 9.97 Å². The molecule has 12 heteroatoms. The number of carbonyl (C=O) groups excluding carboxylic acids is 2. The molecule has 8 nitrogen and oxygen atoms in total. The molecule has 0 N–H and O–H groups in total. The number of aldehydes is 2. The molecule has 2 aromatic carbocycles. The fourth-order valence-electron chi connectivity index (χ4n) is 5.01. The van der Waals surface area contributed by atoms with Gasteiger partial charge in [0.2, 0.25) is 23.5 Å². The molecule has 0 saturated carbocycles. The van der Waals surface area contributed by atoms with E-state index in [1.54, 1.807) is 0 Å². The van der Waals surface area contributed by atoms with Gasteiger partial charge in [-0.05, 0) is 71.4 Å². The maximum Gasteiger partial charge on any atom is 0.236 e. The summed E-state index contributed by atoms with van der Waals surface area (Å²) in [6, 6.07) is 17.0. The molecule has 0 radical (unpaired) electrons. The minimum Gasteiger partial charge on any atom is -0.477 e. The third-order valence-corrected chi connectivity index (χ3v) is 12.2. The van der Waals surface area contributed by atoms with Crippen LogP contribution in [0.4, 0.5) is 0 Å². The average Bonchev–Trinajstić information content (AvgIpc) is 3.04. The van der Waals surface area contributed by atoms with Gasteiger partial charge in [0.05, 0.1) is 24.3 Å². The van der Waals surface area contributed by atoms with E-state index in [-0.39, 0.29) is 57.9 Å². The van der Waals surface area contributed by atoms with Crippen LogP contribution in [0.5, 0.6) is 23.5 Å². The second kappa shape index (κ2) is 17.0. The molecule has 0 fully saturated rings. The zero-order chi connectivity index (χ0) is 36.6. The van der Waals surface area contributed by atoms with Crippen molar-refractivity contribution in [2.75, 3.05) is 13.2 Å². The molecule has 50 heavy (non-hydrogen) atoms. The van der Waals surface area contributed by atoms with Crippen molar-refractivity contribution < 1.29 is 28.5 Å². The first-order valence-corrected chi connectivity index (χ1v) is 24.8. The highest BCUT2D eigenvalue weighted by molar-refractivity contribution is 6.76. The van der Waals surface area contributed by atoms with Crippen LogP contribution in [-0.2, 0) is 13.2 Å². The van der Waals surface area contributed by atoms with E-state index in [1.807, 2.05) is 38.1 Å². The lowest BCUT2D eigenvalue weighted by molar-refractivity contribution is 0.111. The number of carbonyl (C=O) groups is 2. The third kappa shape index (κ3) is 10.6. The van der Waals surface area contributed by atoms with Gasteiger partial charge in [-0.25, -0.2) is 0 Å². The largest absolute Gasteiger partial charge is 0.477 e. The molecule has 2 aromatic heterocycles. The number of hydrogen-bond acceptors (Lipinski definition) is 8. The molecule has 4 aromatic rings. The van der Waals surface area contributed by atoms with Crippen LogP contribution in [0, 0.1) is 13.8 Å². The average molecular weight is 754 g/mol. The fourth-order valence-corrected chi connectivity index (χ4v) is 6.86. The van der Waals surface area contributed by atoms with Gasteiger partial charge in [-0.3, -0.25) is 9.59 Å². The van der Waals surface area contributed by atoms with E-state index in [0.29, 0.717) is 25.8 Å². The van der Waals surface area contributed by atoms with Gasteiger partial charge in [0.1, 0.15) is 23.3 Å². The van der Waals surface area contributed by atoms with Crippen molar-refractivity contribution >= 4 is 51.9 Å². The number of ether oxygens (including phenoxy) is 4. The molecule has 0 aliphatic heterocycles. The van der Waals surface area contributed by atoms with Crippen LogP contribution in [0.1, 0.15) is 43.0 Å². The van der Waals surface area contributed by atoms with Gasteiger partial charge in [0.15, 0.2) is 12.6 Å². The molecular weight excluding hydrogens is 708 g/mol. The van der Waals surface area contributed by atoms with E-state index in [4.69, 9.17) is 42.1 Å². The van der Waals surface area contributed by atoms with Gasteiger partial charge < -0.3 is 18.9 Å². The highest BCUT2D eigenvalue weighted by Crippen LogP contribution is 2.34. The van der Waals surface area contributed by atoms with Crippen molar-refractivity contribution in [2.45, 2.75) is 78.4 Å². The number of benzene rings is 2. The molecule has 0 bridgehead atoms. The third-order valence-electron chi connectivity index (χ3n) is 8.22. The molecule has 0 atom stereocenters. The quantitative estimate of drug-likeness (QED) is 0.0777. The molecule has 0 aliphatic carbocycles. The summed E-state index contributed by atoms with van der Waals surface area (Å²) in [6.45, 7) is 19.0. The Morgan fingerprint density at radius 1 is 0.600 bits per heavy atom. The highest BCUT2D eigenvalue weighted by atomic mass is 35.5. The lowest BCUT2D eigenvalue weighted by Gasteiger charge is -2.18. The van der Waals surface area contributed by atoms with Crippen LogP contribution < -0.4 is 18.9 Å². The second-order valence-electron chi connectivity index (χ2n) is 14.7.